The van der Waals surface area contributed by atoms with E-state index in [1.807, 2.05) is 31.2 Å². The number of carbonyl (C=O) groups is 1. The Hall–Kier alpha value is -3.17. The number of nitrogens with one attached hydrogen (secondary N) is 1. The number of rotatable bonds is 4. The van der Waals surface area contributed by atoms with Crippen molar-refractivity contribution in [1.29, 1.82) is 0 Å². The Morgan fingerprint density at radius 3 is 3.00 bits per heavy atom. The van der Waals surface area contributed by atoms with Crippen molar-refractivity contribution in [2.24, 2.45) is 0 Å². The molecule has 1 unspecified atom stereocenters. The van der Waals surface area contributed by atoms with Crippen molar-refractivity contribution in [2.45, 2.75) is 24.5 Å². The van der Waals surface area contributed by atoms with E-state index in [1.165, 1.54) is 18.0 Å². The summed E-state index contributed by atoms with van der Waals surface area (Å²) in [5, 5.41) is 8.73. The average molecular weight is 453 g/mol. The van der Waals surface area contributed by atoms with Crippen LogP contribution in [0.3, 0.4) is 0 Å². The number of pyridine rings is 1. The number of fused-ring (bicyclic) bond motifs is 2. The van der Waals surface area contributed by atoms with Gasteiger partial charge in [0.2, 0.25) is 5.91 Å². The van der Waals surface area contributed by atoms with E-state index in [0.717, 1.165) is 11.3 Å². The van der Waals surface area contributed by atoms with Gasteiger partial charge in [0.15, 0.2) is 10.8 Å². The van der Waals surface area contributed by atoms with Gasteiger partial charge in [0.1, 0.15) is 11.2 Å². The highest BCUT2D eigenvalue weighted by Crippen LogP contribution is 2.33. The Morgan fingerprint density at radius 2 is 2.19 bits per heavy atom. The number of aryl methyl sites for hydroxylation is 1. The van der Waals surface area contributed by atoms with Crippen LogP contribution < -0.4 is 10.9 Å². The lowest BCUT2D eigenvalue weighted by Crippen LogP contribution is -2.28. The molecule has 1 aliphatic heterocycles. The van der Waals surface area contributed by atoms with Crippen LogP contribution in [0.1, 0.15) is 18.0 Å². The number of hydrogen-bond acceptors (Lipinski definition) is 6. The number of amides is 1. The molecule has 31 heavy (non-hydrogen) atoms. The number of nitrogens with zero attached hydrogens (tertiary/aromatic N) is 5. The molecule has 1 atom stereocenters. The van der Waals surface area contributed by atoms with Crippen molar-refractivity contribution < 1.29 is 4.79 Å². The quantitative estimate of drug-likeness (QED) is 0.475. The third-order valence-corrected chi connectivity index (χ3v) is 6.44. The van der Waals surface area contributed by atoms with Crippen LogP contribution in [0.4, 0.5) is 5.82 Å². The Labute approximate surface area is 186 Å². The highest BCUT2D eigenvalue weighted by molar-refractivity contribution is 7.99. The standard InChI is InChI=1S/C21H17ClN6O2S/c1-12-4-3-7-23-18(12)25-17(29)9-15-11-31-21-26-19-16(20(30)27(15)21)10-24-28(19)14-6-2-5-13(22)8-14/h2-8,10,15H,9,11H2,1H3,(H,23,25,29). The number of anilines is 1. The SMILES string of the molecule is Cc1cccnc1NC(=O)CC1CSc2nc3c(cnn3-c3cccc(Cl)c3)c(=O)n21. The lowest BCUT2D eigenvalue weighted by molar-refractivity contribution is -0.116. The van der Waals surface area contributed by atoms with Gasteiger partial charge in [-0.1, -0.05) is 35.5 Å². The van der Waals surface area contributed by atoms with Crippen molar-refractivity contribution in [2.75, 3.05) is 11.1 Å². The summed E-state index contributed by atoms with van der Waals surface area (Å²) in [4.78, 5) is 34.7. The van der Waals surface area contributed by atoms with Crippen LogP contribution in [0.5, 0.6) is 0 Å². The summed E-state index contributed by atoms with van der Waals surface area (Å²) in [5.41, 5.74) is 1.88. The van der Waals surface area contributed by atoms with Gasteiger partial charge < -0.3 is 5.32 Å². The van der Waals surface area contributed by atoms with E-state index in [4.69, 9.17) is 11.6 Å². The number of thioether (sulfide) groups is 1. The number of hydrogen-bond donors (Lipinski definition) is 1. The van der Waals surface area contributed by atoms with Crippen LogP contribution in [0.25, 0.3) is 16.7 Å². The van der Waals surface area contributed by atoms with E-state index in [-0.39, 0.29) is 23.9 Å². The van der Waals surface area contributed by atoms with Crippen LogP contribution in [0, 0.1) is 6.92 Å². The van der Waals surface area contributed by atoms with E-state index >= 15 is 0 Å². The highest BCUT2D eigenvalue weighted by atomic mass is 35.5. The fraction of sp³-hybridized carbons (Fsp3) is 0.190. The third kappa shape index (κ3) is 3.60. The Morgan fingerprint density at radius 1 is 1.32 bits per heavy atom. The lowest BCUT2D eigenvalue weighted by Gasteiger charge is -2.14. The fourth-order valence-electron chi connectivity index (χ4n) is 3.59. The highest BCUT2D eigenvalue weighted by Gasteiger charge is 2.29. The molecule has 0 radical (unpaired) electrons. The molecular weight excluding hydrogens is 436 g/mol. The molecule has 0 aliphatic carbocycles. The van der Waals surface area contributed by atoms with Gasteiger partial charge in [0.05, 0.1) is 17.9 Å². The van der Waals surface area contributed by atoms with Crippen molar-refractivity contribution in [3.05, 3.63) is 69.7 Å². The maximum atomic E-state index is 13.2. The molecule has 0 bridgehead atoms. The van der Waals surface area contributed by atoms with Gasteiger partial charge in [0.25, 0.3) is 5.56 Å². The van der Waals surface area contributed by atoms with Crippen molar-refractivity contribution in [3.8, 4) is 5.69 Å². The second-order valence-corrected chi connectivity index (χ2v) is 8.65. The smallest absolute Gasteiger partial charge is 0.265 e. The van der Waals surface area contributed by atoms with Gasteiger partial charge in [0, 0.05) is 23.4 Å². The maximum Gasteiger partial charge on any atom is 0.265 e. The van der Waals surface area contributed by atoms with E-state index in [2.05, 4.69) is 20.4 Å². The number of carbonyl (C=O) groups excluding carboxylic acids is 1. The van der Waals surface area contributed by atoms with E-state index in [1.54, 1.807) is 27.6 Å². The summed E-state index contributed by atoms with van der Waals surface area (Å²) in [7, 11) is 0. The van der Waals surface area contributed by atoms with Crippen LogP contribution in [0.15, 0.2) is 58.7 Å². The van der Waals surface area contributed by atoms with E-state index in [0.29, 0.717) is 32.8 Å². The average Bonchev–Trinajstić information content (AvgIpc) is 3.35. The summed E-state index contributed by atoms with van der Waals surface area (Å²) >= 11 is 7.56. The van der Waals surface area contributed by atoms with Crippen LogP contribution in [-0.2, 0) is 4.79 Å². The predicted octanol–water partition coefficient (Wildman–Crippen LogP) is 3.61. The van der Waals surface area contributed by atoms with E-state index < -0.39 is 0 Å². The number of halogens is 1. The molecule has 10 heteroatoms. The minimum absolute atomic E-state index is 0.158. The Kier molecular flexibility index (Phi) is 4.99. The van der Waals surface area contributed by atoms with Gasteiger partial charge in [-0.2, -0.15) is 5.10 Å². The first-order chi connectivity index (χ1) is 15.0. The first-order valence-corrected chi connectivity index (χ1v) is 11.0. The van der Waals surface area contributed by atoms with Gasteiger partial charge in [-0.05, 0) is 36.8 Å². The third-order valence-electron chi connectivity index (χ3n) is 5.11. The van der Waals surface area contributed by atoms with Crippen molar-refractivity contribution >= 4 is 46.1 Å². The topological polar surface area (TPSA) is 94.7 Å². The molecule has 0 spiro atoms. The van der Waals surface area contributed by atoms with Gasteiger partial charge in [-0.15, -0.1) is 0 Å². The maximum absolute atomic E-state index is 13.2. The second-order valence-electron chi connectivity index (χ2n) is 7.23. The molecule has 0 saturated carbocycles. The summed E-state index contributed by atoms with van der Waals surface area (Å²) in [5.74, 6) is 0.928. The number of benzene rings is 1. The van der Waals surface area contributed by atoms with Crippen molar-refractivity contribution in [3.63, 3.8) is 0 Å². The minimum Gasteiger partial charge on any atom is -0.310 e. The molecule has 8 nitrogen and oxygen atoms in total. The largest absolute Gasteiger partial charge is 0.310 e. The molecule has 1 aliphatic rings. The minimum atomic E-state index is -0.289. The lowest BCUT2D eigenvalue weighted by atomic mass is 10.2. The zero-order valence-corrected chi connectivity index (χ0v) is 18.0. The Balaban J connectivity index is 1.46. The molecule has 1 N–H and O–H groups in total. The zero-order valence-electron chi connectivity index (χ0n) is 16.4. The first-order valence-electron chi connectivity index (χ1n) is 9.62. The molecule has 3 aromatic heterocycles. The predicted molar refractivity (Wildman–Crippen MR) is 120 cm³/mol. The molecule has 0 saturated heterocycles. The summed E-state index contributed by atoms with van der Waals surface area (Å²) in [6, 6.07) is 10.6. The molecule has 4 aromatic rings. The number of aromatic nitrogens is 5. The molecular formula is C21H17ClN6O2S. The van der Waals surface area contributed by atoms with Gasteiger partial charge in [-0.3, -0.25) is 14.2 Å². The first kappa shape index (κ1) is 19.8. The van der Waals surface area contributed by atoms with Crippen LogP contribution >= 0.6 is 23.4 Å². The van der Waals surface area contributed by atoms with E-state index in [9.17, 15) is 9.59 Å². The van der Waals surface area contributed by atoms with Gasteiger partial charge >= 0.3 is 0 Å². The van der Waals surface area contributed by atoms with Crippen LogP contribution in [0.2, 0.25) is 5.02 Å². The summed E-state index contributed by atoms with van der Waals surface area (Å²) in [6.45, 7) is 1.88. The molecule has 4 heterocycles. The zero-order chi connectivity index (χ0) is 21.5. The molecule has 1 amide bonds. The Bertz CT molecular complexity index is 1380. The van der Waals surface area contributed by atoms with Crippen LogP contribution in [-0.4, -0.2) is 36.0 Å². The molecule has 1 aromatic carbocycles. The molecule has 5 rings (SSSR count). The van der Waals surface area contributed by atoms with Crippen molar-refractivity contribution in [1.82, 2.24) is 24.3 Å². The normalized spacial score (nSPS) is 15.2. The molecule has 0 fully saturated rings. The monoisotopic (exact) mass is 452 g/mol. The summed E-state index contributed by atoms with van der Waals surface area (Å²) < 4.78 is 3.20. The summed E-state index contributed by atoms with van der Waals surface area (Å²) in [6.07, 6.45) is 3.30. The van der Waals surface area contributed by atoms with Gasteiger partial charge in [-0.25, -0.2) is 14.6 Å². The second kappa shape index (κ2) is 7.82. The fourth-order valence-corrected chi connectivity index (χ4v) is 4.91. The molecule has 156 valence electrons.